The lowest BCUT2D eigenvalue weighted by molar-refractivity contribution is 0.0989. The van der Waals surface area contributed by atoms with Crippen LogP contribution in [0.25, 0.3) is 39.0 Å². The van der Waals surface area contributed by atoms with Crippen LogP contribution in [0.5, 0.6) is 5.75 Å². The molecule has 5 aromatic rings. The number of hydrogen-bond donors (Lipinski definition) is 0. The zero-order valence-electron chi connectivity index (χ0n) is 25.5. The quantitative estimate of drug-likeness (QED) is 0.303. The number of aromatic nitrogens is 7. The first-order valence-electron chi connectivity index (χ1n) is 15.5. The van der Waals surface area contributed by atoms with Crippen molar-refractivity contribution >= 4 is 33.7 Å². The van der Waals surface area contributed by atoms with Gasteiger partial charge in [0, 0.05) is 69.3 Å². The van der Waals surface area contributed by atoms with E-state index in [1.54, 1.807) is 19.5 Å². The number of methoxy groups -OCH3 is 1. The molecule has 0 aromatic carbocycles. The molecule has 12 heteroatoms. The van der Waals surface area contributed by atoms with E-state index in [0.29, 0.717) is 17.9 Å². The van der Waals surface area contributed by atoms with E-state index in [9.17, 15) is 0 Å². The Bertz CT molecular complexity index is 1920. The Balaban J connectivity index is 1.20. The fourth-order valence-corrected chi connectivity index (χ4v) is 8.04. The van der Waals surface area contributed by atoms with E-state index in [4.69, 9.17) is 29.5 Å². The molecule has 5 aromatic heterocycles. The van der Waals surface area contributed by atoms with Gasteiger partial charge in [0.1, 0.15) is 11.3 Å². The highest BCUT2D eigenvalue weighted by Gasteiger charge is 2.42. The second-order valence-corrected chi connectivity index (χ2v) is 12.9. The van der Waals surface area contributed by atoms with Crippen LogP contribution in [-0.2, 0) is 11.8 Å². The highest BCUT2D eigenvalue weighted by atomic mass is 16.5. The summed E-state index contributed by atoms with van der Waals surface area (Å²) in [5, 5.41) is 5.84. The lowest BCUT2D eigenvalue weighted by Crippen LogP contribution is -2.37. The molecule has 4 atom stereocenters. The Hall–Kier alpha value is -4.29. The van der Waals surface area contributed by atoms with E-state index < -0.39 is 0 Å². The van der Waals surface area contributed by atoms with E-state index in [0.717, 1.165) is 108 Å². The second-order valence-electron chi connectivity index (χ2n) is 12.9. The monoisotopic (exact) mass is 592 g/mol. The first-order valence-corrected chi connectivity index (χ1v) is 15.5. The summed E-state index contributed by atoms with van der Waals surface area (Å²) in [5.41, 5.74) is 5.44. The van der Waals surface area contributed by atoms with Gasteiger partial charge in [0.15, 0.2) is 11.6 Å². The maximum absolute atomic E-state index is 5.98. The van der Waals surface area contributed by atoms with Crippen molar-refractivity contribution in [3.8, 4) is 22.8 Å². The average molecular weight is 593 g/mol. The third-order valence-corrected chi connectivity index (χ3v) is 10.2. The lowest BCUT2D eigenvalue weighted by Gasteiger charge is -2.28. The summed E-state index contributed by atoms with van der Waals surface area (Å²) in [6.45, 7) is 7.98. The molecule has 2 bridgehead atoms. The molecule has 4 saturated heterocycles. The number of rotatable bonds is 5. The molecule has 9 rings (SSSR count). The Morgan fingerprint density at radius 2 is 1.80 bits per heavy atom. The molecule has 44 heavy (non-hydrogen) atoms. The molecular weight excluding hydrogens is 556 g/mol. The normalized spacial score (nSPS) is 24.8. The van der Waals surface area contributed by atoms with Gasteiger partial charge < -0.3 is 28.7 Å². The SMILES string of the molecule is COc1ccncc1-c1cc2c(cnn2-c2cc3c(nc(N4C[C@H]5CN(C)C[C@H]5C4)n3C)c(N3C[C@H]4C[C@@H]3CO4)n2)c(C)n1. The van der Waals surface area contributed by atoms with Gasteiger partial charge in [-0.3, -0.25) is 9.97 Å². The third-order valence-electron chi connectivity index (χ3n) is 10.2. The van der Waals surface area contributed by atoms with Gasteiger partial charge >= 0.3 is 0 Å². The molecular formula is C32H36N10O2. The van der Waals surface area contributed by atoms with Crippen molar-refractivity contribution < 1.29 is 9.47 Å². The number of anilines is 2. The highest BCUT2D eigenvalue weighted by Crippen LogP contribution is 2.40. The van der Waals surface area contributed by atoms with Gasteiger partial charge in [0.05, 0.1) is 54.4 Å². The molecule has 4 fully saturated rings. The molecule has 0 amide bonds. The highest BCUT2D eigenvalue weighted by molar-refractivity contribution is 5.92. The summed E-state index contributed by atoms with van der Waals surface area (Å²) in [7, 11) is 6.04. The number of aryl methyl sites for hydroxylation is 2. The molecule has 0 spiro atoms. The van der Waals surface area contributed by atoms with Gasteiger partial charge in [-0.2, -0.15) is 5.10 Å². The third kappa shape index (κ3) is 3.86. The predicted octanol–water partition coefficient (Wildman–Crippen LogP) is 3.06. The molecule has 0 saturated carbocycles. The number of morpholine rings is 1. The van der Waals surface area contributed by atoms with Crippen molar-refractivity contribution in [2.24, 2.45) is 18.9 Å². The van der Waals surface area contributed by atoms with Gasteiger partial charge in [-0.15, -0.1) is 0 Å². The summed E-state index contributed by atoms with van der Waals surface area (Å²) >= 11 is 0. The number of nitrogens with zero attached hydrogens (tertiary/aromatic N) is 10. The number of imidazole rings is 1. The van der Waals surface area contributed by atoms with Crippen LogP contribution in [0.15, 0.2) is 36.8 Å². The Morgan fingerprint density at radius 3 is 2.55 bits per heavy atom. The van der Waals surface area contributed by atoms with Crippen molar-refractivity contribution in [1.29, 1.82) is 0 Å². The van der Waals surface area contributed by atoms with E-state index in [1.807, 2.05) is 23.9 Å². The topological polar surface area (TPSA) is 102 Å². The van der Waals surface area contributed by atoms with Crippen molar-refractivity contribution in [1.82, 2.24) is 39.2 Å². The first-order chi connectivity index (χ1) is 21.4. The summed E-state index contributed by atoms with van der Waals surface area (Å²) in [6.07, 6.45) is 6.68. The number of hydrogen-bond acceptors (Lipinski definition) is 10. The maximum atomic E-state index is 5.98. The standard InChI is InChI=1S/C32H36N10O2/c1-18-23-11-34-42(26(23)8-25(35-18)24-10-33-6-5-28(24)43-4)29-9-27-30(31(36-29)41-16-22-7-21(41)17-44-22)37-32(39(27)3)40-14-19-12-38(2)13-20(19)15-40/h5-6,8-11,19-22H,7,12-17H2,1-4H3/t19-,20+,21-,22-/m1/s1. The van der Waals surface area contributed by atoms with Crippen LogP contribution in [0.3, 0.4) is 0 Å². The van der Waals surface area contributed by atoms with E-state index in [1.165, 1.54) is 0 Å². The van der Waals surface area contributed by atoms with E-state index >= 15 is 0 Å². The minimum Gasteiger partial charge on any atom is -0.496 e. The zero-order chi connectivity index (χ0) is 29.7. The zero-order valence-corrected chi connectivity index (χ0v) is 25.5. The van der Waals surface area contributed by atoms with E-state index in [2.05, 4.69) is 50.5 Å². The van der Waals surface area contributed by atoms with E-state index in [-0.39, 0.29) is 6.10 Å². The molecule has 12 nitrogen and oxygen atoms in total. The average Bonchev–Trinajstić information content (AvgIpc) is 3.87. The van der Waals surface area contributed by atoms with Gasteiger partial charge in [-0.1, -0.05) is 0 Å². The molecule has 9 heterocycles. The molecule has 0 unspecified atom stereocenters. The molecule has 0 radical (unpaired) electrons. The van der Waals surface area contributed by atoms with Crippen LogP contribution in [0.1, 0.15) is 12.1 Å². The van der Waals surface area contributed by atoms with Gasteiger partial charge in [0.2, 0.25) is 5.95 Å². The van der Waals surface area contributed by atoms with Crippen molar-refractivity contribution in [3.05, 3.63) is 42.5 Å². The summed E-state index contributed by atoms with van der Waals surface area (Å²) < 4.78 is 15.8. The number of fused-ring (bicyclic) bond motifs is 5. The molecule has 226 valence electrons. The summed E-state index contributed by atoms with van der Waals surface area (Å²) in [5.74, 6) is 4.81. The predicted molar refractivity (Wildman–Crippen MR) is 168 cm³/mol. The van der Waals surface area contributed by atoms with Crippen LogP contribution < -0.4 is 14.5 Å². The second kappa shape index (κ2) is 9.60. The Kier molecular flexibility index (Phi) is 5.71. The van der Waals surface area contributed by atoms with Crippen molar-refractivity contribution in [3.63, 3.8) is 0 Å². The molecule has 4 aliphatic heterocycles. The number of pyridine rings is 3. The fraction of sp³-hybridized carbons (Fsp3) is 0.469. The Labute approximate surface area is 255 Å². The van der Waals surface area contributed by atoms with Crippen molar-refractivity contribution in [2.75, 3.05) is 63.3 Å². The fourth-order valence-electron chi connectivity index (χ4n) is 8.04. The Morgan fingerprint density at radius 1 is 0.955 bits per heavy atom. The maximum Gasteiger partial charge on any atom is 0.206 e. The van der Waals surface area contributed by atoms with Crippen LogP contribution in [0.4, 0.5) is 11.8 Å². The minimum atomic E-state index is 0.245. The van der Waals surface area contributed by atoms with Crippen LogP contribution >= 0.6 is 0 Å². The van der Waals surface area contributed by atoms with Gasteiger partial charge in [-0.05, 0) is 44.4 Å². The largest absolute Gasteiger partial charge is 0.496 e. The van der Waals surface area contributed by atoms with Gasteiger partial charge in [-0.25, -0.2) is 14.6 Å². The number of ether oxygens (including phenoxy) is 2. The smallest absolute Gasteiger partial charge is 0.206 e. The molecule has 4 aliphatic rings. The summed E-state index contributed by atoms with van der Waals surface area (Å²) in [4.78, 5) is 27.2. The first kappa shape index (κ1) is 26.1. The van der Waals surface area contributed by atoms with Crippen LogP contribution in [0, 0.1) is 18.8 Å². The van der Waals surface area contributed by atoms with Crippen molar-refractivity contribution in [2.45, 2.75) is 25.5 Å². The van der Waals surface area contributed by atoms with Crippen LogP contribution in [0.2, 0.25) is 0 Å². The minimum absolute atomic E-state index is 0.245. The molecule has 0 N–H and O–H groups in total. The number of likely N-dealkylation sites (tertiary alicyclic amines) is 1. The summed E-state index contributed by atoms with van der Waals surface area (Å²) in [6, 6.07) is 6.36. The molecule has 0 aliphatic carbocycles. The van der Waals surface area contributed by atoms with Crippen LogP contribution in [-0.4, -0.2) is 105 Å². The lowest BCUT2D eigenvalue weighted by atomic mass is 10.0. The van der Waals surface area contributed by atoms with Gasteiger partial charge in [0.25, 0.3) is 0 Å².